The first-order valence-electron chi connectivity index (χ1n) is 6.11. The molecule has 2 aromatic rings. The molecule has 0 aliphatic heterocycles. The average Bonchev–Trinajstić information content (AvgIpc) is 2.97. The van der Waals surface area contributed by atoms with E-state index in [1.807, 2.05) is 6.92 Å². The van der Waals surface area contributed by atoms with Crippen LogP contribution < -0.4 is 0 Å². The van der Waals surface area contributed by atoms with Crippen molar-refractivity contribution in [3.63, 3.8) is 0 Å². The molecule has 1 atom stereocenters. The second-order valence-electron chi connectivity index (χ2n) is 5.00. The lowest BCUT2D eigenvalue weighted by atomic mass is 10.2. The smallest absolute Gasteiger partial charge is 0.435 e. The number of carbonyl (C=O) groups is 1. The summed E-state index contributed by atoms with van der Waals surface area (Å²) in [6, 6.07) is 0.919. The minimum Gasteiger partial charge on any atom is -0.477 e. The molecule has 0 saturated heterocycles. The lowest BCUT2D eigenvalue weighted by Crippen LogP contribution is -2.12. The maximum absolute atomic E-state index is 13.0. The fourth-order valence-corrected chi connectivity index (χ4v) is 3.34. The van der Waals surface area contributed by atoms with Gasteiger partial charge in [-0.25, -0.2) is 4.79 Å². The van der Waals surface area contributed by atoms with Gasteiger partial charge in [0.25, 0.3) is 0 Å². The van der Waals surface area contributed by atoms with Crippen LogP contribution in [-0.2, 0) is 6.18 Å². The Bertz CT molecular complexity index is 685. The zero-order valence-electron chi connectivity index (χ0n) is 10.4. The van der Waals surface area contributed by atoms with Crippen molar-refractivity contribution < 1.29 is 23.1 Å². The molecule has 2 heterocycles. The second kappa shape index (κ2) is 4.21. The Morgan fingerprint density at radius 3 is 2.70 bits per heavy atom. The highest BCUT2D eigenvalue weighted by molar-refractivity contribution is 7.20. The predicted molar refractivity (Wildman–Crippen MR) is 67.0 cm³/mol. The zero-order chi connectivity index (χ0) is 14.7. The summed E-state index contributed by atoms with van der Waals surface area (Å²) in [5.74, 6) is -0.889. The van der Waals surface area contributed by atoms with E-state index in [2.05, 4.69) is 5.10 Å². The number of hydrogen-bond acceptors (Lipinski definition) is 3. The van der Waals surface area contributed by atoms with E-state index in [1.165, 1.54) is 4.68 Å². The maximum atomic E-state index is 13.0. The van der Waals surface area contributed by atoms with Gasteiger partial charge < -0.3 is 5.11 Å². The quantitative estimate of drug-likeness (QED) is 0.938. The third kappa shape index (κ3) is 2.07. The molecule has 108 valence electrons. The van der Waals surface area contributed by atoms with Crippen LogP contribution in [0, 0.1) is 5.92 Å². The van der Waals surface area contributed by atoms with Crippen LogP contribution in [0.15, 0.2) is 6.07 Å². The van der Waals surface area contributed by atoms with Gasteiger partial charge in [0.15, 0.2) is 5.69 Å². The van der Waals surface area contributed by atoms with Crippen LogP contribution in [0.3, 0.4) is 0 Å². The Hall–Kier alpha value is -1.57. The summed E-state index contributed by atoms with van der Waals surface area (Å²) in [5, 5.41) is 12.5. The monoisotopic (exact) mass is 304 g/mol. The second-order valence-corrected chi connectivity index (χ2v) is 6.03. The minimum atomic E-state index is -4.58. The highest BCUT2D eigenvalue weighted by atomic mass is 32.1. The van der Waals surface area contributed by atoms with E-state index >= 15 is 0 Å². The van der Waals surface area contributed by atoms with Crippen molar-refractivity contribution in [1.29, 1.82) is 0 Å². The number of hydrogen-bond donors (Lipinski definition) is 1. The van der Waals surface area contributed by atoms with Gasteiger partial charge in [-0.1, -0.05) is 0 Å². The van der Waals surface area contributed by atoms with Crippen molar-refractivity contribution >= 4 is 27.5 Å². The molecule has 0 spiro atoms. The van der Waals surface area contributed by atoms with Crippen LogP contribution >= 0.6 is 11.3 Å². The summed E-state index contributed by atoms with van der Waals surface area (Å²) in [5.41, 5.74) is -0.997. The van der Waals surface area contributed by atoms with Crippen LogP contribution in [0.5, 0.6) is 0 Å². The molecule has 0 bridgehead atoms. The maximum Gasteiger partial charge on any atom is 0.435 e. The number of aromatic nitrogens is 2. The van der Waals surface area contributed by atoms with E-state index in [0.29, 0.717) is 5.92 Å². The largest absolute Gasteiger partial charge is 0.477 e. The van der Waals surface area contributed by atoms with Crippen molar-refractivity contribution in [2.24, 2.45) is 5.92 Å². The van der Waals surface area contributed by atoms with Crippen molar-refractivity contribution in [2.45, 2.75) is 32.0 Å². The molecule has 1 N–H and O–H groups in total. The number of thiophene rings is 1. The van der Waals surface area contributed by atoms with Crippen molar-refractivity contribution in [1.82, 2.24) is 9.78 Å². The number of alkyl halides is 3. The summed E-state index contributed by atoms with van der Waals surface area (Å²) in [6.07, 6.45) is -2.63. The van der Waals surface area contributed by atoms with Crippen LogP contribution in [0.4, 0.5) is 13.2 Å². The summed E-state index contributed by atoms with van der Waals surface area (Å²) >= 11 is 0.843. The lowest BCUT2D eigenvalue weighted by molar-refractivity contribution is -0.140. The Morgan fingerprint density at radius 2 is 2.20 bits per heavy atom. The molecule has 0 aromatic carbocycles. The highest BCUT2D eigenvalue weighted by Gasteiger charge is 2.40. The molecular weight excluding hydrogens is 293 g/mol. The number of aromatic carboxylic acids is 1. The molecule has 0 radical (unpaired) electrons. The van der Waals surface area contributed by atoms with Gasteiger partial charge in [-0.2, -0.15) is 18.3 Å². The summed E-state index contributed by atoms with van der Waals surface area (Å²) in [4.78, 5) is 11.1. The van der Waals surface area contributed by atoms with Crippen molar-refractivity contribution in [2.75, 3.05) is 0 Å². The normalized spacial score (nSPS) is 17.6. The summed E-state index contributed by atoms with van der Waals surface area (Å²) in [6.45, 7) is 1.82. The fourth-order valence-electron chi connectivity index (χ4n) is 2.30. The lowest BCUT2D eigenvalue weighted by Gasteiger charge is -2.11. The Morgan fingerprint density at radius 1 is 1.55 bits per heavy atom. The Labute approximate surface area is 115 Å². The third-order valence-electron chi connectivity index (χ3n) is 3.55. The third-order valence-corrected chi connectivity index (χ3v) is 4.67. The predicted octanol–water partition coefficient (Wildman–Crippen LogP) is 3.79. The standard InChI is InChI=1S/C12H11F3N2O2S/c1-5(6-2-3-6)17-10-7(4-8(20-10)11(18)19)9(16-17)12(13,14)15/h4-6H,2-3H2,1H3,(H,18,19). The van der Waals surface area contributed by atoms with Crippen molar-refractivity contribution in [3.8, 4) is 0 Å². The molecule has 1 aliphatic rings. The number of fused-ring (bicyclic) bond motifs is 1. The van der Waals surface area contributed by atoms with Gasteiger partial charge in [-0.3, -0.25) is 4.68 Å². The van der Waals surface area contributed by atoms with Gasteiger partial charge in [0, 0.05) is 5.39 Å². The van der Waals surface area contributed by atoms with E-state index in [9.17, 15) is 18.0 Å². The van der Waals surface area contributed by atoms with E-state index in [-0.39, 0.29) is 21.1 Å². The first kappa shape index (κ1) is 13.4. The first-order valence-corrected chi connectivity index (χ1v) is 6.93. The fraction of sp³-hybridized carbons (Fsp3) is 0.500. The molecule has 3 rings (SSSR count). The molecule has 8 heteroatoms. The minimum absolute atomic E-state index is 0.0975. The number of nitrogens with zero attached hydrogens (tertiary/aromatic N) is 2. The first-order chi connectivity index (χ1) is 9.29. The van der Waals surface area contributed by atoms with E-state index in [4.69, 9.17) is 5.11 Å². The van der Waals surface area contributed by atoms with Crippen LogP contribution in [0.25, 0.3) is 10.2 Å². The molecular formula is C12H11F3N2O2S. The van der Waals surface area contributed by atoms with Crippen molar-refractivity contribution in [3.05, 3.63) is 16.6 Å². The molecule has 2 aromatic heterocycles. The van der Waals surface area contributed by atoms with E-state index in [0.717, 1.165) is 30.2 Å². The molecule has 1 unspecified atom stereocenters. The van der Waals surface area contributed by atoms with Crippen LogP contribution in [0.2, 0.25) is 0 Å². The van der Waals surface area contributed by atoms with Gasteiger partial charge in [-0.05, 0) is 31.7 Å². The van der Waals surface area contributed by atoms with Crippen LogP contribution in [0.1, 0.15) is 41.2 Å². The molecule has 0 amide bonds. The summed E-state index contributed by atoms with van der Waals surface area (Å²) < 4.78 is 40.3. The molecule has 4 nitrogen and oxygen atoms in total. The van der Waals surface area contributed by atoms with Gasteiger partial charge in [0.1, 0.15) is 9.71 Å². The van der Waals surface area contributed by atoms with E-state index < -0.39 is 17.8 Å². The Balaban J connectivity index is 2.21. The topological polar surface area (TPSA) is 55.1 Å². The Kier molecular flexibility index (Phi) is 2.82. The molecule has 1 fully saturated rings. The number of carboxylic acid groups (broad SMARTS) is 1. The highest BCUT2D eigenvalue weighted by Crippen LogP contribution is 2.44. The van der Waals surface area contributed by atoms with Gasteiger partial charge >= 0.3 is 12.1 Å². The summed E-state index contributed by atoms with van der Waals surface area (Å²) in [7, 11) is 0. The SMILES string of the molecule is CC(C1CC1)n1nc(C(F)(F)F)c2cc(C(=O)O)sc21. The number of halogens is 3. The molecule has 1 saturated carbocycles. The molecule has 20 heavy (non-hydrogen) atoms. The average molecular weight is 304 g/mol. The molecule has 1 aliphatic carbocycles. The number of rotatable bonds is 3. The van der Waals surface area contributed by atoms with Gasteiger partial charge in [0.2, 0.25) is 0 Å². The van der Waals surface area contributed by atoms with Crippen LogP contribution in [-0.4, -0.2) is 20.9 Å². The number of carboxylic acids is 1. The zero-order valence-corrected chi connectivity index (χ0v) is 11.3. The van der Waals surface area contributed by atoms with Gasteiger partial charge in [-0.15, -0.1) is 11.3 Å². The van der Waals surface area contributed by atoms with E-state index in [1.54, 1.807) is 0 Å². The van der Waals surface area contributed by atoms with Gasteiger partial charge in [0.05, 0.1) is 6.04 Å².